The van der Waals surface area contributed by atoms with E-state index in [-0.39, 0.29) is 12.7 Å². The molecule has 1 aromatic carbocycles. The Morgan fingerprint density at radius 3 is 2.83 bits per heavy atom. The minimum Gasteiger partial charge on any atom is -0.484 e. The molecule has 0 radical (unpaired) electrons. The smallest absolute Gasteiger partial charge is 0.255 e. The number of carbonyl (C=O) groups excluding carboxylic acids is 1. The first-order chi connectivity index (χ1) is 11.2. The molecule has 6 nitrogen and oxygen atoms in total. The van der Waals surface area contributed by atoms with E-state index in [0.29, 0.717) is 5.75 Å². The lowest BCUT2D eigenvalue weighted by molar-refractivity contribution is -0.119. The van der Waals surface area contributed by atoms with E-state index in [4.69, 9.17) is 15.2 Å². The Hall–Kier alpha value is -1.63. The highest BCUT2D eigenvalue weighted by atomic mass is 16.5. The molecule has 0 spiro atoms. The fraction of sp³-hybridized carbons (Fsp3) is 0.588. The number of primary amides is 1. The van der Waals surface area contributed by atoms with E-state index in [0.717, 1.165) is 38.8 Å². The number of nitrogens with two attached hydrogens (primary N) is 1. The minimum absolute atomic E-state index is 0.0892. The number of hydrogen-bond acceptors (Lipinski definition) is 5. The van der Waals surface area contributed by atoms with E-state index < -0.39 is 5.91 Å². The molecule has 0 unspecified atom stereocenters. The topological polar surface area (TPSA) is 76.8 Å². The van der Waals surface area contributed by atoms with Gasteiger partial charge in [-0.25, -0.2) is 0 Å². The van der Waals surface area contributed by atoms with Crippen molar-refractivity contribution < 1.29 is 14.3 Å². The number of carbonyl (C=O) groups is 1. The van der Waals surface area contributed by atoms with Crippen LogP contribution in [0.1, 0.15) is 18.4 Å². The zero-order chi connectivity index (χ0) is 16.1. The monoisotopic (exact) mass is 319 g/mol. The van der Waals surface area contributed by atoms with Crippen molar-refractivity contribution in [2.75, 3.05) is 32.8 Å². The van der Waals surface area contributed by atoms with Gasteiger partial charge < -0.3 is 20.5 Å². The van der Waals surface area contributed by atoms with Gasteiger partial charge in [0.1, 0.15) is 5.75 Å². The van der Waals surface area contributed by atoms with Gasteiger partial charge in [-0.1, -0.05) is 12.1 Å². The number of hydrogen-bond donors (Lipinski definition) is 2. The summed E-state index contributed by atoms with van der Waals surface area (Å²) in [5, 5.41) is 3.45. The maximum atomic E-state index is 10.7. The minimum atomic E-state index is -0.469. The SMILES string of the molecule is NC(=O)COc1ccc(CNC[C@@H]2CN(C3CC3)CCO2)cc1. The first-order valence-electron chi connectivity index (χ1n) is 8.27. The summed E-state index contributed by atoms with van der Waals surface area (Å²) in [7, 11) is 0. The van der Waals surface area contributed by atoms with Crippen LogP contribution in [-0.2, 0) is 16.1 Å². The first kappa shape index (κ1) is 16.2. The molecule has 3 N–H and O–H groups in total. The number of nitrogens with one attached hydrogen (secondary N) is 1. The molecule has 0 bridgehead atoms. The third-order valence-electron chi connectivity index (χ3n) is 4.24. The van der Waals surface area contributed by atoms with E-state index in [1.165, 1.54) is 18.4 Å². The third-order valence-corrected chi connectivity index (χ3v) is 4.24. The molecule has 6 heteroatoms. The molecule has 2 aliphatic rings. The second-order valence-electron chi connectivity index (χ2n) is 6.25. The standard InChI is InChI=1S/C17H25N3O3/c18-17(21)12-23-15-5-1-13(2-6-15)9-19-10-16-11-20(7-8-22-16)14-3-4-14/h1-2,5-6,14,16,19H,3-4,7-12H2,(H2,18,21)/t16-/m1/s1. The van der Waals surface area contributed by atoms with Crippen LogP contribution in [0.2, 0.25) is 0 Å². The van der Waals surface area contributed by atoms with E-state index in [1.807, 2.05) is 24.3 Å². The predicted molar refractivity (Wildman–Crippen MR) is 87.2 cm³/mol. The first-order valence-corrected chi connectivity index (χ1v) is 8.27. The van der Waals surface area contributed by atoms with Crippen LogP contribution in [0.4, 0.5) is 0 Å². The number of ether oxygens (including phenoxy) is 2. The van der Waals surface area contributed by atoms with Gasteiger partial charge in [0.2, 0.25) is 0 Å². The van der Waals surface area contributed by atoms with E-state index in [2.05, 4.69) is 10.2 Å². The molecule has 1 aliphatic carbocycles. The molecular weight excluding hydrogens is 294 g/mol. The van der Waals surface area contributed by atoms with Gasteiger partial charge in [-0.3, -0.25) is 9.69 Å². The van der Waals surface area contributed by atoms with Gasteiger partial charge in [-0.15, -0.1) is 0 Å². The van der Waals surface area contributed by atoms with Crippen molar-refractivity contribution >= 4 is 5.91 Å². The van der Waals surface area contributed by atoms with Gasteiger partial charge in [-0.2, -0.15) is 0 Å². The third kappa shape index (κ3) is 5.20. The van der Waals surface area contributed by atoms with Crippen LogP contribution >= 0.6 is 0 Å². The highest BCUT2D eigenvalue weighted by molar-refractivity contribution is 5.75. The maximum Gasteiger partial charge on any atom is 0.255 e. The van der Waals surface area contributed by atoms with Gasteiger partial charge in [0, 0.05) is 32.2 Å². The number of nitrogens with zero attached hydrogens (tertiary/aromatic N) is 1. The van der Waals surface area contributed by atoms with Crippen molar-refractivity contribution in [3.05, 3.63) is 29.8 Å². The Balaban J connectivity index is 1.37. The summed E-state index contributed by atoms with van der Waals surface area (Å²) in [6, 6.07) is 8.50. The normalized spacial score (nSPS) is 22.0. The van der Waals surface area contributed by atoms with Crippen molar-refractivity contribution in [3.8, 4) is 5.75 Å². The Morgan fingerprint density at radius 1 is 1.35 bits per heavy atom. The number of amides is 1. The van der Waals surface area contributed by atoms with Crippen molar-refractivity contribution in [1.29, 1.82) is 0 Å². The lowest BCUT2D eigenvalue weighted by Gasteiger charge is -2.33. The van der Waals surface area contributed by atoms with Crippen LogP contribution in [0.15, 0.2) is 24.3 Å². The van der Waals surface area contributed by atoms with E-state index >= 15 is 0 Å². The largest absolute Gasteiger partial charge is 0.484 e. The van der Waals surface area contributed by atoms with Gasteiger partial charge in [-0.05, 0) is 30.5 Å². The summed E-state index contributed by atoms with van der Waals surface area (Å²) in [4.78, 5) is 13.2. The van der Waals surface area contributed by atoms with Crippen molar-refractivity contribution in [3.63, 3.8) is 0 Å². The molecule has 1 amide bonds. The molecule has 2 fully saturated rings. The lowest BCUT2D eigenvalue weighted by atomic mass is 10.2. The quantitative estimate of drug-likeness (QED) is 0.730. The molecule has 1 heterocycles. The molecule has 1 aromatic rings. The molecule has 1 saturated heterocycles. The average Bonchev–Trinajstić information content (AvgIpc) is 3.39. The summed E-state index contributed by atoms with van der Waals surface area (Å²) in [5.74, 6) is 0.187. The van der Waals surface area contributed by atoms with Crippen LogP contribution in [0.25, 0.3) is 0 Å². The summed E-state index contributed by atoms with van der Waals surface area (Å²) in [5.41, 5.74) is 6.22. The maximum absolute atomic E-state index is 10.7. The molecule has 0 aromatic heterocycles. The Morgan fingerprint density at radius 2 is 2.13 bits per heavy atom. The number of morpholine rings is 1. The molecule has 126 valence electrons. The van der Waals surface area contributed by atoms with Crippen LogP contribution in [0, 0.1) is 0 Å². The van der Waals surface area contributed by atoms with E-state index in [9.17, 15) is 4.79 Å². The van der Waals surface area contributed by atoms with Crippen LogP contribution in [0.3, 0.4) is 0 Å². The van der Waals surface area contributed by atoms with Gasteiger partial charge in [0.25, 0.3) is 5.91 Å². The molecule has 23 heavy (non-hydrogen) atoms. The van der Waals surface area contributed by atoms with Crippen LogP contribution in [0.5, 0.6) is 5.75 Å². The molecular formula is C17H25N3O3. The summed E-state index contributed by atoms with van der Waals surface area (Å²) in [6.45, 7) is 4.52. The fourth-order valence-corrected chi connectivity index (χ4v) is 2.87. The average molecular weight is 319 g/mol. The van der Waals surface area contributed by atoms with Crippen LogP contribution < -0.4 is 15.8 Å². The zero-order valence-corrected chi connectivity index (χ0v) is 13.4. The second-order valence-corrected chi connectivity index (χ2v) is 6.25. The zero-order valence-electron chi connectivity index (χ0n) is 13.4. The van der Waals surface area contributed by atoms with Gasteiger partial charge in [0.05, 0.1) is 12.7 Å². The van der Waals surface area contributed by atoms with Crippen molar-refractivity contribution in [2.45, 2.75) is 31.5 Å². The van der Waals surface area contributed by atoms with Crippen LogP contribution in [-0.4, -0.2) is 55.8 Å². The van der Waals surface area contributed by atoms with Gasteiger partial charge >= 0.3 is 0 Å². The molecule has 3 rings (SSSR count). The Labute approximate surface area is 136 Å². The number of benzene rings is 1. The van der Waals surface area contributed by atoms with Crippen molar-refractivity contribution in [2.24, 2.45) is 5.73 Å². The van der Waals surface area contributed by atoms with Crippen molar-refractivity contribution in [1.82, 2.24) is 10.2 Å². The summed E-state index contributed by atoms with van der Waals surface area (Å²) >= 11 is 0. The Kier molecular flexibility index (Phi) is 5.48. The lowest BCUT2D eigenvalue weighted by Crippen LogP contribution is -2.47. The Bertz CT molecular complexity index is 516. The second kappa shape index (κ2) is 7.77. The predicted octanol–water partition coefficient (Wildman–Crippen LogP) is 0.504. The van der Waals surface area contributed by atoms with E-state index in [1.54, 1.807) is 0 Å². The highest BCUT2D eigenvalue weighted by Gasteiger charge is 2.32. The molecule has 1 atom stereocenters. The number of rotatable bonds is 8. The fourth-order valence-electron chi connectivity index (χ4n) is 2.87. The molecule has 1 aliphatic heterocycles. The summed E-state index contributed by atoms with van der Waals surface area (Å²) < 4.78 is 11.1. The highest BCUT2D eigenvalue weighted by Crippen LogP contribution is 2.28. The van der Waals surface area contributed by atoms with Gasteiger partial charge in [0.15, 0.2) is 6.61 Å². The molecule has 1 saturated carbocycles. The summed E-state index contributed by atoms with van der Waals surface area (Å²) in [6.07, 6.45) is 2.98.